The third-order valence-corrected chi connectivity index (χ3v) is 5.36. The van der Waals surface area contributed by atoms with E-state index in [1.165, 1.54) is 11.6 Å². The summed E-state index contributed by atoms with van der Waals surface area (Å²) >= 11 is 0. The lowest BCUT2D eigenvalue weighted by atomic mass is 9.89. The molecule has 1 aliphatic carbocycles. The van der Waals surface area contributed by atoms with Crippen molar-refractivity contribution in [1.29, 1.82) is 0 Å². The third kappa shape index (κ3) is 4.94. The van der Waals surface area contributed by atoms with E-state index in [1.807, 2.05) is 30.6 Å². The first-order valence-electron chi connectivity index (χ1n) is 9.77. The van der Waals surface area contributed by atoms with Crippen LogP contribution in [0.3, 0.4) is 0 Å². The topological polar surface area (TPSA) is 30.7 Å². The smallest absolute Gasteiger partial charge is 0.270 e. The van der Waals surface area contributed by atoms with Crippen LogP contribution >= 0.6 is 0 Å². The summed E-state index contributed by atoms with van der Waals surface area (Å²) in [6, 6.07) is 13.1. The van der Waals surface area contributed by atoms with Gasteiger partial charge in [0, 0.05) is 30.7 Å². The summed E-state index contributed by atoms with van der Waals surface area (Å²) in [4.78, 5) is 3.97. The summed E-state index contributed by atoms with van der Waals surface area (Å²) in [5.74, 6) is 0. The van der Waals surface area contributed by atoms with Gasteiger partial charge in [-0.1, -0.05) is 35.9 Å². The van der Waals surface area contributed by atoms with Crippen molar-refractivity contribution in [1.82, 2.24) is 14.8 Å². The molecule has 0 radical (unpaired) electrons. The first kappa shape index (κ1) is 19.4. The van der Waals surface area contributed by atoms with Crippen LogP contribution in [0.4, 0.5) is 13.2 Å². The number of nitrogens with zero attached hydrogens (tertiary/aromatic N) is 3. The van der Waals surface area contributed by atoms with Gasteiger partial charge in [0.25, 0.3) is 0 Å². The van der Waals surface area contributed by atoms with Crippen LogP contribution in [0.1, 0.15) is 54.1 Å². The summed E-state index contributed by atoms with van der Waals surface area (Å²) in [6.07, 6.45) is 7.42. The van der Waals surface area contributed by atoms with E-state index in [1.54, 1.807) is 0 Å². The lowest BCUT2D eigenvalue weighted by Gasteiger charge is -2.24. The van der Waals surface area contributed by atoms with E-state index in [-0.39, 0.29) is 0 Å². The van der Waals surface area contributed by atoms with Crippen LogP contribution in [0.2, 0.25) is 0 Å². The summed E-state index contributed by atoms with van der Waals surface area (Å²) in [5.41, 5.74) is 3.50. The van der Waals surface area contributed by atoms with Crippen LogP contribution in [-0.4, -0.2) is 14.8 Å². The molecule has 1 aliphatic rings. The van der Waals surface area contributed by atoms with E-state index in [0.717, 1.165) is 49.1 Å². The minimum atomic E-state index is -4.35. The normalized spacial score (nSPS) is 17.3. The zero-order valence-electron chi connectivity index (χ0n) is 15.9. The minimum absolute atomic E-state index is 0.472. The van der Waals surface area contributed by atoms with Crippen LogP contribution in [0.25, 0.3) is 6.08 Å². The number of allylic oxidation sites excluding steroid dienone is 1. The molecule has 0 amide bonds. The maximum Gasteiger partial charge on any atom is 0.417 e. The van der Waals surface area contributed by atoms with Gasteiger partial charge in [0.15, 0.2) is 0 Å². The average molecular weight is 397 g/mol. The van der Waals surface area contributed by atoms with E-state index in [9.17, 15) is 13.2 Å². The van der Waals surface area contributed by atoms with Crippen LogP contribution < -0.4 is 0 Å². The van der Waals surface area contributed by atoms with Gasteiger partial charge in [0.1, 0.15) is 0 Å². The molecule has 6 heteroatoms. The van der Waals surface area contributed by atoms with Crippen molar-refractivity contribution in [2.45, 2.75) is 44.3 Å². The van der Waals surface area contributed by atoms with E-state index in [0.29, 0.717) is 18.2 Å². The van der Waals surface area contributed by atoms with Crippen LogP contribution in [0.5, 0.6) is 0 Å². The van der Waals surface area contributed by atoms with Crippen molar-refractivity contribution in [2.75, 3.05) is 0 Å². The monoisotopic (exact) mass is 397 g/mol. The molecule has 0 aliphatic heterocycles. The quantitative estimate of drug-likeness (QED) is 0.534. The van der Waals surface area contributed by atoms with Gasteiger partial charge in [-0.15, -0.1) is 0 Å². The number of hydrogen-bond donors (Lipinski definition) is 0. The van der Waals surface area contributed by atoms with Gasteiger partial charge in [0.2, 0.25) is 0 Å². The molecule has 29 heavy (non-hydrogen) atoms. The van der Waals surface area contributed by atoms with E-state index in [4.69, 9.17) is 0 Å². The van der Waals surface area contributed by atoms with Gasteiger partial charge >= 0.3 is 6.18 Å². The largest absolute Gasteiger partial charge is 0.417 e. The highest BCUT2D eigenvalue weighted by molar-refractivity contribution is 5.54. The molecular weight excluding hydrogens is 375 g/mol. The van der Waals surface area contributed by atoms with Crippen molar-refractivity contribution in [3.05, 3.63) is 89.0 Å². The fourth-order valence-electron chi connectivity index (χ4n) is 3.81. The van der Waals surface area contributed by atoms with Crippen LogP contribution in [0.15, 0.2) is 66.6 Å². The Kier molecular flexibility index (Phi) is 5.51. The lowest BCUT2D eigenvalue weighted by molar-refractivity contribution is -0.137. The molecule has 2 aromatic heterocycles. The summed E-state index contributed by atoms with van der Waals surface area (Å²) in [7, 11) is 0. The van der Waals surface area contributed by atoms with E-state index < -0.39 is 11.7 Å². The van der Waals surface area contributed by atoms with Crippen molar-refractivity contribution >= 4 is 6.08 Å². The Hall–Kier alpha value is -2.89. The number of pyridine rings is 1. The molecule has 0 unspecified atom stereocenters. The Morgan fingerprint density at radius 1 is 1.07 bits per heavy atom. The summed E-state index contributed by atoms with van der Waals surface area (Å²) in [6.45, 7) is 0. The second kappa shape index (κ2) is 8.23. The van der Waals surface area contributed by atoms with Crippen molar-refractivity contribution in [3.8, 4) is 0 Å². The molecule has 150 valence electrons. The van der Waals surface area contributed by atoms with E-state index in [2.05, 4.69) is 33.0 Å². The minimum Gasteiger partial charge on any atom is -0.270 e. The molecule has 4 rings (SSSR count). The molecule has 2 heterocycles. The molecule has 0 saturated heterocycles. The van der Waals surface area contributed by atoms with Crippen LogP contribution in [-0.2, 0) is 12.6 Å². The Morgan fingerprint density at radius 3 is 2.55 bits per heavy atom. The van der Waals surface area contributed by atoms with Gasteiger partial charge < -0.3 is 0 Å². The summed E-state index contributed by atoms with van der Waals surface area (Å²) < 4.78 is 40.1. The number of aromatic nitrogens is 3. The van der Waals surface area contributed by atoms with E-state index >= 15 is 0 Å². The van der Waals surface area contributed by atoms with Gasteiger partial charge in [0.05, 0.1) is 11.6 Å². The van der Waals surface area contributed by atoms with Gasteiger partial charge in [-0.25, -0.2) is 0 Å². The molecular formula is C23H22F3N3. The fourth-order valence-corrected chi connectivity index (χ4v) is 3.81. The maximum absolute atomic E-state index is 12.7. The second-order valence-electron chi connectivity index (χ2n) is 7.48. The molecule has 0 N–H and O–H groups in total. The Morgan fingerprint density at radius 2 is 1.90 bits per heavy atom. The third-order valence-electron chi connectivity index (χ3n) is 5.36. The van der Waals surface area contributed by atoms with Crippen molar-refractivity contribution < 1.29 is 13.2 Å². The average Bonchev–Trinajstić information content (AvgIpc) is 3.23. The lowest BCUT2D eigenvalue weighted by Crippen LogP contribution is -2.14. The van der Waals surface area contributed by atoms with Crippen molar-refractivity contribution in [2.24, 2.45) is 0 Å². The molecule has 0 bridgehead atoms. The number of halogens is 3. The Bertz CT molecular complexity index is 963. The van der Waals surface area contributed by atoms with Gasteiger partial charge in [-0.05, 0) is 55.0 Å². The fraction of sp³-hybridized carbons (Fsp3) is 0.304. The molecule has 1 fully saturated rings. The molecule has 1 saturated carbocycles. The zero-order valence-corrected chi connectivity index (χ0v) is 15.9. The molecule has 1 aromatic carbocycles. The molecule has 3 nitrogen and oxygen atoms in total. The Balaban J connectivity index is 1.40. The molecule has 3 aromatic rings. The second-order valence-corrected chi connectivity index (χ2v) is 7.48. The highest BCUT2D eigenvalue weighted by Gasteiger charge is 2.30. The zero-order chi connectivity index (χ0) is 20.3. The first-order valence-corrected chi connectivity index (χ1v) is 9.77. The number of alkyl halides is 3. The number of hydrogen-bond acceptors (Lipinski definition) is 2. The summed E-state index contributed by atoms with van der Waals surface area (Å²) in [5, 5.41) is 4.35. The molecule has 0 spiro atoms. The predicted molar refractivity (Wildman–Crippen MR) is 106 cm³/mol. The molecule has 0 atom stereocenters. The Labute approximate surface area is 167 Å². The standard InChI is InChI=1S/C23H22F3N3/c24-23(25,26)20-7-8-21(27-16-20)15-19-4-1-3-18(14-19)13-17-5-9-22(10-6-17)29-12-2-11-28-29/h1-4,7-8,11-14,16,22H,5-6,9-10,15H2. The number of benzene rings is 1. The van der Waals surface area contributed by atoms with Crippen molar-refractivity contribution in [3.63, 3.8) is 0 Å². The maximum atomic E-state index is 12.7. The number of rotatable bonds is 4. The van der Waals surface area contributed by atoms with Gasteiger partial charge in [-0.3, -0.25) is 9.67 Å². The SMILES string of the molecule is FC(F)(F)c1ccc(Cc2cccc(C=C3CCC(n4cccn4)CC3)c2)nc1. The van der Waals surface area contributed by atoms with Gasteiger partial charge in [-0.2, -0.15) is 18.3 Å². The van der Waals surface area contributed by atoms with Crippen LogP contribution in [0, 0.1) is 0 Å². The highest BCUT2D eigenvalue weighted by atomic mass is 19.4. The predicted octanol–water partition coefficient (Wildman–Crippen LogP) is 6.09. The highest BCUT2D eigenvalue weighted by Crippen LogP contribution is 2.32. The first-order chi connectivity index (χ1) is 14.0.